The van der Waals surface area contributed by atoms with Crippen LogP contribution in [0.5, 0.6) is 0 Å². The zero-order valence-corrected chi connectivity index (χ0v) is 19.3. The molecule has 0 amide bonds. The van der Waals surface area contributed by atoms with Gasteiger partial charge in [0.25, 0.3) is 0 Å². The number of halogens is 3. The normalized spacial score (nSPS) is 10.9. The Hall–Kier alpha value is -2.94. The number of thiocarbonyl (C=S) groups is 1. The van der Waals surface area contributed by atoms with Gasteiger partial charge in [0.2, 0.25) is 0 Å². The Morgan fingerprint density at radius 2 is 1.91 bits per heavy atom. The molecule has 2 aromatic heterocycles. The summed E-state index contributed by atoms with van der Waals surface area (Å²) in [5.41, 5.74) is 3.01. The number of hydrogen-bond donors (Lipinski definition) is 2. The zero-order chi connectivity index (χ0) is 22.7. The number of benzene rings is 2. The molecule has 0 atom stereocenters. The van der Waals surface area contributed by atoms with Gasteiger partial charge in [-0.15, -0.1) is 0 Å². The van der Waals surface area contributed by atoms with Crippen molar-refractivity contribution in [3.05, 3.63) is 93.6 Å². The highest BCUT2D eigenvalue weighted by Gasteiger charge is 2.12. The van der Waals surface area contributed by atoms with Gasteiger partial charge in [-0.25, -0.2) is 4.39 Å². The van der Waals surface area contributed by atoms with E-state index in [-0.39, 0.29) is 12.4 Å². The third-order valence-corrected chi connectivity index (χ3v) is 5.51. The van der Waals surface area contributed by atoms with Crippen molar-refractivity contribution in [1.29, 1.82) is 0 Å². The lowest BCUT2D eigenvalue weighted by molar-refractivity contribution is 0.581. The summed E-state index contributed by atoms with van der Waals surface area (Å²) in [5.74, 6) is 0.174. The third kappa shape index (κ3) is 5.45. The minimum absolute atomic E-state index is 0.218. The second kappa shape index (κ2) is 9.68. The lowest BCUT2D eigenvalue weighted by atomic mass is 10.2. The van der Waals surface area contributed by atoms with E-state index in [0.29, 0.717) is 33.1 Å². The quantitative estimate of drug-likeness (QED) is 0.339. The summed E-state index contributed by atoms with van der Waals surface area (Å²) in [7, 11) is 0. The molecule has 0 spiro atoms. The van der Waals surface area contributed by atoms with Crippen LogP contribution >= 0.6 is 35.4 Å². The SMILES string of the molecule is Cc1cc(NC(=S)Nc2cnn(Cc3cccc(Cl)c3)c2)nn1Cc1c(F)cccc1Cl. The van der Waals surface area contributed by atoms with E-state index in [1.54, 1.807) is 27.7 Å². The van der Waals surface area contributed by atoms with Gasteiger partial charge >= 0.3 is 0 Å². The minimum atomic E-state index is -0.367. The van der Waals surface area contributed by atoms with Crippen LogP contribution in [0.15, 0.2) is 60.9 Å². The van der Waals surface area contributed by atoms with E-state index in [1.807, 2.05) is 43.5 Å². The van der Waals surface area contributed by atoms with Gasteiger partial charge in [0.1, 0.15) is 5.82 Å². The van der Waals surface area contributed by atoms with E-state index in [0.717, 1.165) is 16.9 Å². The van der Waals surface area contributed by atoms with Gasteiger partial charge < -0.3 is 10.6 Å². The molecule has 0 aliphatic rings. The fraction of sp³-hybridized carbons (Fsp3) is 0.136. The van der Waals surface area contributed by atoms with Crippen molar-refractivity contribution in [1.82, 2.24) is 19.6 Å². The van der Waals surface area contributed by atoms with E-state index in [1.165, 1.54) is 6.07 Å². The number of aromatic nitrogens is 4. The van der Waals surface area contributed by atoms with Crippen LogP contribution in [0.3, 0.4) is 0 Å². The number of nitrogens with one attached hydrogen (secondary N) is 2. The van der Waals surface area contributed by atoms with Crippen LogP contribution < -0.4 is 10.6 Å². The Labute approximate surface area is 200 Å². The highest BCUT2D eigenvalue weighted by molar-refractivity contribution is 7.80. The predicted molar refractivity (Wildman–Crippen MR) is 130 cm³/mol. The van der Waals surface area contributed by atoms with Gasteiger partial charge in [0, 0.05) is 33.6 Å². The summed E-state index contributed by atoms with van der Waals surface area (Å²) in [6, 6.07) is 14.1. The molecule has 0 saturated carbocycles. The molecule has 2 heterocycles. The summed E-state index contributed by atoms with van der Waals surface area (Å²) in [4.78, 5) is 0. The number of hydrogen-bond acceptors (Lipinski definition) is 3. The molecule has 6 nitrogen and oxygen atoms in total. The highest BCUT2D eigenvalue weighted by Crippen LogP contribution is 2.21. The maximum atomic E-state index is 14.1. The molecule has 0 saturated heterocycles. The van der Waals surface area contributed by atoms with Crippen molar-refractivity contribution < 1.29 is 4.39 Å². The molecule has 32 heavy (non-hydrogen) atoms. The lowest BCUT2D eigenvalue weighted by Gasteiger charge is -2.08. The van der Waals surface area contributed by atoms with Gasteiger partial charge in [-0.3, -0.25) is 9.36 Å². The molecule has 4 rings (SSSR count). The molecule has 4 aromatic rings. The molecule has 2 N–H and O–H groups in total. The molecule has 0 unspecified atom stereocenters. The Kier molecular flexibility index (Phi) is 6.74. The van der Waals surface area contributed by atoms with Crippen molar-refractivity contribution in [2.45, 2.75) is 20.0 Å². The summed E-state index contributed by atoms with van der Waals surface area (Å²) < 4.78 is 17.6. The van der Waals surface area contributed by atoms with Gasteiger partial charge in [-0.05, 0) is 49.0 Å². The summed E-state index contributed by atoms with van der Waals surface area (Å²) in [6.07, 6.45) is 3.53. The molecule has 164 valence electrons. The van der Waals surface area contributed by atoms with Crippen molar-refractivity contribution >= 4 is 52.0 Å². The van der Waals surface area contributed by atoms with Crippen LogP contribution in [0.4, 0.5) is 15.9 Å². The number of anilines is 2. The lowest BCUT2D eigenvalue weighted by Crippen LogP contribution is -2.19. The van der Waals surface area contributed by atoms with Crippen molar-refractivity contribution in [2.75, 3.05) is 10.6 Å². The molecule has 0 bridgehead atoms. The van der Waals surface area contributed by atoms with E-state index < -0.39 is 0 Å². The fourth-order valence-corrected chi connectivity index (χ4v) is 3.84. The zero-order valence-electron chi connectivity index (χ0n) is 17.0. The van der Waals surface area contributed by atoms with Crippen LogP contribution in [0.25, 0.3) is 0 Å². The maximum Gasteiger partial charge on any atom is 0.176 e. The first-order chi connectivity index (χ1) is 15.4. The third-order valence-electron chi connectivity index (χ3n) is 4.72. The van der Waals surface area contributed by atoms with E-state index in [4.69, 9.17) is 35.4 Å². The average Bonchev–Trinajstić information content (AvgIpc) is 3.30. The first-order valence-corrected chi connectivity index (χ1v) is 10.9. The van der Waals surface area contributed by atoms with Gasteiger partial charge in [-0.2, -0.15) is 10.2 Å². The number of rotatable bonds is 6. The van der Waals surface area contributed by atoms with Gasteiger partial charge in [0.15, 0.2) is 10.9 Å². The molecule has 0 fully saturated rings. The molecule has 0 radical (unpaired) electrons. The molecular formula is C22H19Cl2FN6S. The van der Waals surface area contributed by atoms with Crippen LogP contribution in [0, 0.1) is 12.7 Å². The van der Waals surface area contributed by atoms with Gasteiger partial charge in [0.05, 0.1) is 25.0 Å². The van der Waals surface area contributed by atoms with E-state index in [2.05, 4.69) is 20.8 Å². The topological polar surface area (TPSA) is 59.7 Å². The maximum absolute atomic E-state index is 14.1. The Morgan fingerprint density at radius 3 is 2.69 bits per heavy atom. The molecule has 0 aliphatic carbocycles. The predicted octanol–water partition coefficient (Wildman–Crippen LogP) is 5.74. The Balaban J connectivity index is 1.38. The Morgan fingerprint density at radius 1 is 1.09 bits per heavy atom. The standard InChI is InChI=1S/C22H19Cl2FN6S/c1-14-8-21(29-31(14)13-18-19(24)6-3-7-20(18)25)28-22(32)27-17-10-26-30(12-17)11-15-4-2-5-16(23)9-15/h2-10,12H,11,13H2,1H3,(H2,27,28,29,32). The average molecular weight is 489 g/mol. The van der Waals surface area contributed by atoms with Crippen LogP contribution in [0.2, 0.25) is 10.0 Å². The smallest absolute Gasteiger partial charge is 0.176 e. The largest absolute Gasteiger partial charge is 0.330 e. The second-order valence-corrected chi connectivity index (χ2v) is 8.42. The molecule has 10 heteroatoms. The van der Waals surface area contributed by atoms with Crippen LogP contribution in [0.1, 0.15) is 16.8 Å². The van der Waals surface area contributed by atoms with Gasteiger partial charge in [-0.1, -0.05) is 41.4 Å². The van der Waals surface area contributed by atoms with Crippen LogP contribution in [-0.2, 0) is 13.1 Å². The molecule has 2 aromatic carbocycles. The minimum Gasteiger partial charge on any atom is -0.330 e. The summed E-state index contributed by atoms with van der Waals surface area (Å²) in [5, 5.41) is 16.3. The number of nitrogens with zero attached hydrogens (tertiary/aromatic N) is 4. The second-order valence-electron chi connectivity index (χ2n) is 7.16. The highest BCUT2D eigenvalue weighted by atomic mass is 35.5. The van der Waals surface area contributed by atoms with Crippen molar-refractivity contribution in [3.8, 4) is 0 Å². The first-order valence-electron chi connectivity index (χ1n) is 9.69. The monoisotopic (exact) mass is 488 g/mol. The number of aryl methyl sites for hydroxylation is 1. The van der Waals surface area contributed by atoms with E-state index in [9.17, 15) is 4.39 Å². The summed E-state index contributed by atoms with van der Waals surface area (Å²) >= 11 is 17.6. The van der Waals surface area contributed by atoms with Crippen LogP contribution in [-0.4, -0.2) is 24.7 Å². The van der Waals surface area contributed by atoms with Crippen molar-refractivity contribution in [3.63, 3.8) is 0 Å². The molecule has 0 aliphatic heterocycles. The molecular weight excluding hydrogens is 470 g/mol. The Bertz CT molecular complexity index is 1250. The van der Waals surface area contributed by atoms with E-state index >= 15 is 0 Å². The first kappa shape index (κ1) is 22.3. The van der Waals surface area contributed by atoms with Crippen molar-refractivity contribution in [2.24, 2.45) is 0 Å². The summed E-state index contributed by atoms with van der Waals surface area (Å²) in [6.45, 7) is 2.68. The fourth-order valence-electron chi connectivity index (χ4n) is 3.18.